The molecule has 3 N–H and O–H groups in total. The largest absolute Gasteiger partial charge is 0.489 e. The number of ether oxygens (including phenoxy) is 1. The Kier molecular flexibility index (Phi) is 4.53. The van der Waals surface area contributed by atoms with Crippen molar-refractivity contribution in [2.24, 2.45) is 0 Å². The number of benzene rings is 2. The van der Waals surface area contributed by atoms with Crippen LogP contribution in [0.25, 0.3) is 0 Å². The molecule has 1 atom stereocenters. The number of aromatic nitrogens is 1. The monoisotopic (exact) mass is 385 g/mol. The number of thiazole rings is 1. The summed E-state index contributed by atoms with van der Waals surface area (Å²) in [5, 5.41) is 3.93. The van der Waals surface area contributed by atoms with Crippen molar-refractivity contribution in [2.75, 3.05) is 11.1 Å². The molecule has 1 unspecified atom stereocenters. The van der Waals surface area contributed by atoms with Crippen LogP contribution in [0.3, 0.4) is 0 Å². The first kappa shape index (κ1) is 16.9. The summed E-state index contributed by atoms with van der Waals surface area (Å²) in [7, 11) is 0. The molecule has 1 aromatic heterocycles. The van der Waals surface area contributed by atoms with Crippen molar-refractivity contribution in [3.05, 3.63) is 69.6 Å². The Balaban J connectivity index is 1.51. The van der Waals surface area contributed by atoms with Gasteiger partial charge in [0.15, 0.2) is 5.13 Å². The third-order valence-electron chi connectivity index (χ3n) is 4.27. The third kappa shape index (κ3) is 3.38. The van der Waals surface area contributed by atoms with Gasteiger partial charge < -0.3 is 15.8 Å². The van der Waals surface area contributed by atoms with Crippen LogP contribution in [-0.4, -0.2) is 10.9 Å². The topological polar surface area (TPSA) is 77.2 Å². The van der Waals surface area contributed by atoms with Gasteiger partial charge in [0.05, 0.1) is 4.88 Å². The van der Waals surface area contributed by atoms with E-state index in [9.17, 15) is 4.79 Å². The normalized spacial score (nSPS) is 16.0. The highest BCUT2D eigenvalue weighted by molar-refractivity contribution is 7.16. The van der Waals surface area contributed by atoms with Crippen molar-refractivity contribution in [3.8, 4) is 5.75 Å². The average molecular weight is 386 g/mol. The van der Waals surface area contributed by atoms with Gasteiger partial charge in [-0.25, -0.2) is 4.98 Å². The first-order chi connectivity index (χ1) is 12.6. The predicted octanol–water partition coefficient (Wildman–Crippen LogP) is 4.43. The highest BCUT2D eigenvalue weighted by Gasteiger charge is 2.29. The van der Waals surface area contributed by atoms with Gasteiger partial charge in [-0.1, -0.05) is 53.3 Å². The zero-order valence-corrected chi connectivity index (χ0v) is 15.3. The lowest BCUT2D eigenvalue weighted by Gasteiger charge is -2.21. The summed E-state index contributed by atoms with van der Waals surface area (Å²) in [4.78, 5) is 17.1. The predicted molar refractivity (Wildman–Crippen MR) is 104 cm³/mol. The number of anilines is 2. The number of hydrogen-bond acceptors (Lipinski definition) is 5. The fraction of sp³-hybridized carbons (Fsp3) is 0.158. The fourth-order valence-electron chi connectivity index (χ4n) is 2.98. The number of halogens is 1. The molecule has 1 aliphatic heterocycles. The molecule has 0 spiro atoms. The van der Waals surface area contributed by atoms with Gasteiger partial charge in [0.2, 0.25) is 5.91 Å². The number of fused-ring (bicyclic) bond motifs is 1. The summed E-state index contributed by atoms with van der Waals surface area (Å²) < 4.78 is 5.82. The second-order valence-corrected chi connectivity index (χ2v) is 7.49. The number of rotatable bonds is 4. The van der Waals surface area contributed by atoms with Crippen LogP contribution in [0.5, 0.6) is 5.75 Å². The fourth-order valence-corrected chi connectivity index (χ4v) is 4.09. The maximum absolute atomic E-state index is 12.0. The first-order valence-corrected chi connectivity index (χ1v) is 9.32. The summed E-state index contributed by atoms with van der Waals surface area (Å²) in [6.45, 7) is 0.403. The van der Waals surface area contributed by atoms with E-state index in [1.807, 2.05) is 48.5 Å². The van der Waals surface area contributed by atoms with Gasteiger partial charge in [-0.3, -0.25) is 4.79 Å². The average Bonchev–Trinajstić information content (AvgIpc) is 3.01. The SMILES string of the molecule is Nc1nc2c(s1)C(c1ccc(OCc3ccccc3Cl)cc1)CC(=O)N2. The Bertz CT molecular complexity index is 956. The third-order valence-corrected chi connectivity index (χ3v) is 5.64. The van der Waals surface area contributed by atoms with Gasteiger partial charge in [-0.15, -0.1) is 0 Å². The van der Waals surface area contributed by atoms with Crippen molar-refractivity contribution in [1.29, 1.82) is 0 Å². The minimum Gasteiger partial charge on any atom is -0.489 e. The Morgan fingerprint density at radius 1 is 1.23 bits per heavy atom. The molecule has 7 heteroatoms. The molecule has 0 bridgehead atoms. The Labute approximate surface area is 159 Å². The van der Waals surface area contributed by atoms with Crippen molar-refractivity contribution < 1.29 is 9.53 Å². The van der Waals surface area contributed by atoms with Gasteiger partial charge >= 0.3 is 0 Å². The number of nitrogens with zero attached hydrogens (tertiary/aromatic N) is 1. The smallest absolute Gasteiger partial charge is 0.226 e. The van der Waals surface area contributed by atoms with E-state index >= 15 is 0 Å². The number of hydrogen-bond donors (Lipinski definition) is 2. The molecule has 2 heterocycles. The minimum absolute atomic E-state index is 0.0360. The molecule has 2 aromatic carbocycles. The van der Waals surface area contributed by atoms with Gasteiger partial charge in [-0.05, 0) is 23.8 Å². The molecule has 26 heavy (non-hydrogen) atoms. The summed E-state index contributed by atoms with van der Waals surface area (Å²) in [6.07, 6.45) is 0.383. The molecule has 0 saturated carbocycles. The Morgan fingerprint density at radius 2 is 2.00 bits per heavy atom. The zero-order chi connectivity index (χ0) is 18.1. The van der Waals surface area contributed by atoms with Crippen LogP contribution in [0.1, 0.15) is 28.3 Å². The summed E-state index contributed by atoms with van der Waals surface area (Å²) >= 11 is 7.56. The molecule has 0 fully saturated rings. The molecule has 0 aliphatic carbocycles. The highest BCUT2D eigenvalue weighted by atomic mass is 35.5. The second-order valence-electron chi connectivity index (χ2n) is 6.02. The molecule has 4 rings (SSSR count). The van der Waals surface area contributed by atoms with Crippen LogP contribution in [0, 0.1) is 0 Å². The van der Waals surface area contributed by atoms with Crippen LogP contribution in [-0.2, 0) is 11.4 Å². The van der Waals surface area contributed by atoms with Crippen molar-refractivity contribution in [2.45, 2.75) is 18.9 Å². The van der Waals surface area contributed by atoms with Gasteiger partial charge in [0.1, 0.15) is 18.2 Å². The van der Waals surface area contributed by atoms with E-state index in [2.05, 4.69) is 10.3 Å². The van der Waals surface area contributed by atoms with E-state index < -0.39 is 0 Å². The van der Waals surface area contributed by atoms with Crippen LogP contribution < -0.4 is 15.8 Å². The number of nitrogens with two attached hydrogens (primary N) is 1. The second kappa shape index (κ2) is 6.97. The number of nitrogen functional groups attached to an aromatic ring is 1. The van der Waals surface area contributed by atoms with Crippen molar-refractivity contribution in [1.82, 2.24) is 4.98 Å². The van der Waals surface area contributed by atoms with Crippen LogP contribution >= 0.6 is 22.9 Å². The summed E-state index contributed by atoms with van der Waals surface area (Å²) in [6, 6.07) is 15.4. The van der Waals surface area contributed by atoms with E-state index in [-0.39, 0.29) is 11.8 Å². The van der Waals surface area contributed by atoms with E-state index in [1.165, 1.54) is 11.3 Å². The van der Waals surface area contributed by atoms with E-state index in [1.54, 1.807) is 0 Å². The lowest BCUT2D eigenvalue weighted by Crippen LogP contribution is -2.22. The number of amides is 1. The van der Waals surface area contributed by atoms with E-state index in [0.717, 1.165) is 21.8 Å². The van der Waals surface area contributed by atoms with Gasteiger partial charge in [-0.2, -0.15) is 0 Å². The van der Waals surface area contributed by atoms with Crippen molar-refractivity contribution >= 4 is 39.8 Å². The van der Waals surface area contributed by atoms with Crippen LogP contribution in [0.15, 0.2) is 48.5 Å². The highest BCUT2D eigenvalue weighted by Crippen LogP contribution is 2.41. The van der Waals surface area contributed by atoms with Crippen LogP contribution in [0.2, 0.25) is 5.02 Å². The number of carbonyl (C=O) groups is 1. The summed E-state index contributed by atoms with van der Waals surface area (Å²) in [5.41, 5.74) is 7.77. The zero-order valence-electron chi connectivity index (χ0n) is 13.7. The molecule has 0 radical (unpaired) electrons. The standard InChI is InChI=1S/C19H16ClN3O2S/c20-15-4-2-1-3-12(15)10-25-13-7-5-11(6-8-13)14-9-16(24)22-18-17(14)26-19(21)23-18/h1-8,14H,9-10H2,(H2,21,23)(H,22,24). The van der Waals surface area contributed by atoms with E-state index in [0.29, 0.717) is 29.0 Å². The first-order valence-electron chi connectivity index (χ1n) is 8.12. The number of carbonyl (C=O) groups excluding carboxylic acids is 1. The molecule has 132 valence electrons. The Hall–Kier alpha value is -2.57. The van der Waals surface area contributed by atoms with Crippen molar-refractivity contribution in [3.63, 3.8) is 0 Å². The van der Waals surface area contributed by atoms with Crippen LogP contribution in [0.4, 0.5) is 10.9 Å². The van der Waals surface area contributed by atoms with Gasteiger partial charge in [0, 0.05) is 22.9 Å². The molecular formula is C19H16ClN3O2S. The number of nitrogens with one attached hydrogen (secondary N) is 1. The molecular weight excluding hydrogens is 370 g/mol. The minimum atomic E-state index is -0.0492. The van der Waals surface area contributed by atoms with Gasteiger partial charge in [0.25, 0.3) is 0 Å². The molecule has 1 aliphatic rings. The quantitative estimate of drug-likeness (QED) is 0.696. The lowest BCUT2D eigenvalue weighted by molar-refractivity contribution is -0.116. The van der Waals surface area contributed by atoms with E-state index in [4.69, 9.17) is 22.1 Å². The Morgan fingerprint density at radius 3 is 2.77 bits per heavy atom. The lowest BCUT2D eigenvalue weighted by atomic mass is 9.91. The maximum Gasteiger partial charge on any atom is 0.226 e. The molecule has 3 aromatic rings. The molecule has 0 saturated heterocycles. The summed E-state index contributed by atoms with van der Waals surface area (Å²) in [5.74, 6) is 1.24. The molecule has 5 nitrogen and oxygen atoms in total. The molecule has 1 amide bonds. The maximum atomic E-state index is 12.0.